The lowest BCUT2D eigenvalue weighted by molar-refractivity contribution is 0.324. The number of nitrogens with zero attached hydrogens (tertiary/aromatic N) is 3. The molecule has 0 bridgehead atoms. The minimum Gasteiger partial charge on any atom is -0.339 e. The predicted molar refractivity (Wildman–Crippen MR) is 97.6 cm³/mol. The summed E-state index contributed by atoms with van der Waals surface area (Å²) in [7, 11) is -3.65. The first-order valence-corrected chi connectivity index (χ1v) is 10.8. The van der Waals surface area contributed by atoms with E-state index in [2.05, 4.69) is 10.1 Å². The van der Waals surface area contributed by atoms with E-state index in [9.17, 15) is 8.42 Å². The molecule has 2 fully saturated rings. The molecule has 2 heterocycles. The van der Waals surface area contributed by atoms with Crippen molar-refractivity contribution < 1.29 is 12.9 Å². The highest BCUT2D eigenvalue weighted by atomic mass is 35.5. The molecule has 4 rings (SSSR count). The van der Waals surface area contributed by atoms with E-state index in [0.717, 1.165) is 19.3 Å². The Morgan fingerprint density at radius 2 is 2.12 bits per heavy atom. The third-order valence-corrected chi connectivity index (χ3v) is 7.99. The minimum absolute atomic E-state index is 0.150. The molecule has 0 unspecified atom stereocenters. The smallest absolute Gasteiger partial charge is 0.244 e. The first-order valence-electron chi connectivity index (χ1n) is 8.93. The van der Waals surface area contributed by atoms with Gasteiger partial charge in [0.05, 0.1) is 10.4 Å². The third-order valence-electron chi connectivity index (χ3n) is 5.67. The monoisotopic (exact) mass is 395 g/mol. The summed E-state index contributed by atoms with van der Waals surface area (Å²) in [6.07, 6.45) is 2.90. The summed E-state index contributed by atoms with van der Waals surface area (Å²) < 4.78 is 33.3. The second-order valence-electron chi connectivity index (χ2n) is 7.58. The third kappa shape index (κ3) is 2.68. The maximum Gasteiger partial charge on any atom is 0.244 e. The van der Waals surface area contributed by atoms with Gasteiger partial charge in [0.25, 0.3) is 0 Å². The molecule has 0 N–H and O–H groups in total. The van der Waals surface area contributed by atoms with E-state index in [-0.39, 0.29) is 27.2 Å². The first kappa shape index (κ1) is 17.9. The summed E-state index contributed by atoms with van der Waals surface area (Å²) in [6, 6.07) is 6.59. The van der Waals surface area contributed by atoms with Crippen molar-refractivity contribution >= 4 is 21.6 Å². The van der Waals surface area contributed by atoms with E-state index in [1.807, 2.05) is 13.8 Å². The summed E-state index contributed by atoms with van der Waals surface area (Å²) in [5.74, 6) is 1.61. The Morgan fingerprint density at radius 1 is 1.35 bits per heavy atom. The summed E-state index contributed by atoms with van der Waals surface area (Å²) >= 11 is 6.15. The predicted octanol–water partition coefficient (Wildman–Crippen LogP) is 3.59. The van der Waals surface area contributed by atoms with Gasteiger partial charge in [-0.25, -0.2) is 8.42 Å². The van der Waals surface area contributed by atoms with Crippen LogP contribution in [0.4, 0.5) is 0 Å². The van der Waals surface area contributed by atoms with Crippen LogP contribution in [0, 0.1) is 5.92 Å². The van der Waals surface area contributed by atoms with Crippen LogP contribution < -0.4 is 0 Å². The summed E-state index contributed by atoms with van der Waals surface area (Å²) in [6.45, 7) is 4.86. The Hall–Kier alpha value is -1.44. The molecule has 1 aliphatic carbocycles. The fourth-order valence-corrected chi connectivity index (χ4v) is 6.30. The summed E-state index contributed by atoms with van der Waals surface area (Å²) in [5, 5.41) is 4.48. The number of halogens is 1. The zero-order chi connectivity index (χ0) is 18.5. The number of sulfonamides is 1. The molecule has 0 radical (unpaired) electrons. The number of aromatic nitrogens is 2. The van der Waals surface area contributed by atoms with Gasteiger partial charge in [0, 0.05) is 19.0 Å². The van der Waals surface area contributed by atoms with E-state index in [1.54, 1.807) is 28.6 Å². The van der Waals surface area contributed by atoms with Crippen molar-refractivity contribution in [2.75, 3.05) is 13.1 Å². The normalized spacial score (nSPS) is 26.5. The highest BCUT2D eigenvalue weighted by Crippen LogP contribution is 2.51. The molecule has 2 aromatic rings. The van der Waals surface area contributed by atoms with Gasteiger partial charge in [0.1, 0.15) is 4.90 Å². The van der Waals surface area contributed by atoms with Crippen LogP contribution in [-0.4, -0.2) is 36.0 Å². The second-order valence-corrected chi connectivity index (χ2v) is 9.90. The highest BCUT2D eigenvalue weighted by Gasteiger charge is 2.56. The zero-order valence-corrected chi connectivity index (χ0v) is 16.4. The van der Waals surface area contributed by atoms with Crippen molar-refractivity contribution in [3.05, 3.63) is 41.0 Å². The standard InChI is InChI=1S/C18H22ClN3O3S/c1-12(2)16-20-17(21-25-16)18-9-5-6-13(18)10-22(11-18)26(23,24)15-8-4-3-7-14(15)19/h3-4,7-8,12-13H,5-6,9-11H2,1-2H3/t13-,18-/m1/s1. The molecule has 1 aromatic carbocycles. The van der Waals surface area contributed by atoms with Crippen LogP contribution in [0.5, 0.6) is 0 Å². The van der Waals surface area contributed by atoms with Crippen LogP contribution in [0.1, 0.15) is 50.7 Å². The molecule has 2 aliphatic rings. The van der Waals surface area contributed by atoms with Crippen molar-refractivity contribution in [2.24, 2.45) is 5.92 Å². The van der Waals surface area contributed by atoms with Gasteiger partial charge < -0.3 is 4.52 Å². The molecule has 26 heavy (non-hydrogen) atoms. The average molecular weight is 396 g/mol. The lowest BCUT2D eigenvalue weighted by Gasteiger charge is -2.25. The minimum atomic E-state index is -3.65. The molecule has 1 saturated carbocycles. The lowest BCUT2D eigenvalue weighted by atomic mass is 9.80. The van der Waals surface area contributed by atoms with Crippen molar-refractivity contribution in [1.82, 2.24) is 14.4 Å². The van der Waals surface area contributed by atoms with Crippen molar-refractivity contribution in [3.63, 3.8) is 0 Å². The van der Waals surface area contributed by atoms with Gasteiger partial charge in [-0.3, -0.25) is 0 Å². The summed E-state index contributed by atoms with van der Waals surface area (Å²) in [4.78, 5) is 4.77. The number of fused-ring (bicyclic) bond motifs is 1. The van der Waals surface area contributed by atoms with Gasteiger partial charge in [0.15, 0.2) is 5.82 Å². The molecule has 1 saturated heterocycles. The molecule has 1 aromatic heterocycles. The highest BCUT2D eigenvalue weighted by molar-refractivity contribution is 7.89. The van der Waals surface area contributed by atoms with Crippen LogP contribution >= 0.6 is 11.6 Å². The van der Waals surface area contributed by atoms with E-state index in [0.29, 0.717) is 24.8 Å². The Labute approximate surface area is 158 Å². The molecule has 1 aliphatic heterocycles. The maximum atomic E-state index is 13.2. The van der Waals surface area contributed by atoms with Gasteiger partial charge in [0.2, 0.25) is 15.9 Å². The van der Waals surface area contributed by atoms with Gasteiger partial charge in [-0.15, -0.1) is 0 Å². The van der Waals surface area contributed by atoms with Crippen molar-refractivity contribution in [3.8, 4) is 0 Å². The molecular weight excluding hydrogens is 374 g/mol. The Bertz CT molecular complexity index is 927. The SMILES string of the molecule is CC(C)c1nc([C@@]23CCC[C@@H]2CN(S(=O)(=O)c2ccccc2Cl)C3)no1. The van der Waals surface area contributed by atoms with Crippen LogP contribution in [0.25, 0.3) is 0 Å². The molecule has 140 valence electrons. The largest absolute Gasteiger partial charge is 0.339 e. The number of rotatable bonds is 4. The average Bonchev–Trinajstić information content (AvgIpc) is 3.28. The Balaban J connectivity index is 1.70. The number of hydrogen-bond donors (Lipinski definition) is 0. The van der Waals surface area contributed by atoms with Gasteiger partial charge in [-0.05, 0) is 30.9 Å². The molecule has 8 heteroatoms. The van der Waals surface area contributed by atoms with Crippen molar-refractivity contribution in [2.45, 2.75) is 49.3 Å². The Kier molecular flexibility index (Phi) is 4.36. The molecule has 0 amide bonds. The lowest BCUT2D eigenvalue weighted by Crippen LogP contribution is -2.35. The van der Waals surface area contributed by atoms with E-state index in [4.69, 9.17) is 16.1 Å². The zero-order valence-electron chi connectivity index (χ0n) is 14.9. The fraction of sp³-hybridized carbons (Fsp3) is 0.556. The van der Waals surface area contributed by atoms with Gasteiger partial charge in [-0.1, -0.05) is 49.2 Å². The summed E-state index contributed by atoms with van der Waals surface area (Å²) in [5.41, 5.74) is -0.356. The van der Waals surface area contributed by atoms with Gasteiger partial charge >= 0.3 is 0 Å². The van der Waals surface area contributed by atoms with E-state index in [1.165, 1.54) is 0 Å². The molecule has 6 nitrogen and oxygen atoms in total. The van der Waals surface area contributed by atoms with Crippen LogP contribution in [-0.2, 0) is 15.4 Å². The number of hydrogen-bond acceptors (Lipinski definition) is 5. The second kappa shape index (κ2) is 6.32. The van der Waals surface area contributed by atoms with Crippen LogP contribution in [0.3, 0.4) is 0 Å². The Morgan fingerprint density at radius 3 is 2.81 bits per heavy atom. The van der Waals surface area contributed by atoms with E-state index >= 15 is 0 Å². The fourth-order valence-electron chi connectivity index (χ4n) is 4.26. The van der Waals surface area contributed by atoms with Crippen molar-refractivity contribution in [1.29, 1.82) is 0 Å². The quantitative estimate of drug-likeness (QED) is 0.790. The molecule has 0 spiro atoms. The van der Waals surface area contributed by atoms with Crippen LogP contribution in [0.2, 0.25) is 5.02 Å². The maximum absolute atomic E-state index is 13.2. The first-order chi connectivity index (χ1) is 12.3. The topological polar surface area (TPSA) is 76.3 Å². The molecule has 2 atom stereocenters. The van der Waals surface area contributed by atoms with Gasteiger partial charge in [-0.2, -0.15) is 9.29 Å². The number of benzene rings is 1. The molecular formula is C18H22ClN3O3S. The van der Waals surface area contributed by atoms with E-state index < -0.39 is 10.0 Å². The van der Waals surface area contributed by atoms with Crippen LogP contribution in [0.15, 0.2) is 33.7 Å².